The number of hydrogen-bond donors (Lipinski definition) is 0. The molecule has 1 aromatic carbocycles. The van der Waals surface area contributed by atoms with Crippen LogP contribution in [0.2, 0.25) is 0 Å². The zero-order chi connectivity index (χ0) is 11.0. The van der Waals surface area contributed by atoms with Gasteiger partial charge in [0.15, 0.2) is 0 Å². The molecule has 0 aliphatic carbocycles. The van der Waals surface area contributed by atoms with Crippen LogP contribution in [0, 0.1) is 6.92 Å². The van der Waals surface area contributed by atoms with Gasteiger partial charge in [-0.05, 0) is 19.1 Å². The highest BCUT2D eigenvalue weighted by Crippen LogP contribution is 2.13. The van der Waals surface area contributed by atoms with Gasteiger partial charge in [0.2, 0.25) is 0 Å². The fourth-order valence-corrected chi connectivity index (χ4v) is 1.61. The van der Waals surface area contributed by atoms with Gasteiger partial charge in [0.1, 0.15) is 5.52 Å². The molecule has 78 valence electrons. The number of aryl methyl sites for hydroxylation is 1. The van der Waals surface area contributed by atoms with E-state index in [1.807, 2.05) is 23.0 Å². The van der Waals surface area contributed by atoms with Crippen molar-refractivity contribution >= 4 is 10.9 Å². The first-order valence-corrected chi connectivity index (χ1v) is 5.06. The smallest absolute Gasteiger partial charge is 0.114 e. The number of fused-ring (bicyclic) bond motifs is 1. The minimum Gasteiger partial charge on any atom is -0.240 e. The standard InChI is InChI=1S/C12H10N4/c1-9-2-4-11(5-3-9)16-8-10-6-13-14-7-12(10)15-16/h2-8H,1H3. The Morgan fingerprint density at radius 2 is 1.75 bits per heavy atom. The third-order valence-electron chi connectivity index (χ3n) is 2.51. The summed E-state index contributed by atoms with van der Waals surface area (Å²) >= 11 is 0. The van der Waals surface area contributed by atoms with Gasteiger partial charge in [-0.2, -0.15) is 15.3 Å². The molecule has 0 saturated carbocycles. The van der Waals surface area contributed by atoms with Crippen molar-refractivity contribution in [1.82, 2.24) is 20.0 Å². The molecule has 3 aromatic rings. The number of nitrogens with zero attached hydrogens (tertiary/aromatic N) is 4. The van der Waals surface area contributed by atoms with Crippen molar-refractivity contribution in [2.75, 3.05) is 0 Å². The Morgan fingerprint density at radius 3 is 2.50 bits per heavy atom. The average molecular weight is 210 g/mol. The van der Waals surface area contributed by atoms with Gasteiger partial charge in [-0.3, -0.25) is 0 Å². The molecule has 0 aliphatic rings. The third kappa shape index (κ3) is 1.44. The minimum absolute atomic E-state index is 0.857. The van der Waals surface area contributed by atoms with Crippen LogP contribution in [-0.2, 0) is 0 Å². The summed E-state index contributed by atoms with van der Waals surface area (Å²) in [6.45, 7) is 2.07. The van der Waals surface area contributed by atoms with E-state index in [2.05, 4.69) is 34.4 Å². The molecule has 0 N–H and O–H groups in total. The van der Waals surface area contributed by atoms with Crippen molar-refractivity contribution < 1.29 is 0 Å². The summed E-state index contributed by atoms with van der Waals surface area (Å²) in [5, 5.41) is 13.1. The summed E-state index contributed by atoms with van der Waals surface area (Å²) < 4.78 is 1.84. The predicted octanol–water partition coefficient (Wildman–Crippen LogP) is 2.12. The van der Waals surface area contributed by atoms with E-state index >= 15 is 0 Å². The summed E-state index contributed by atoms with van der Waals surface area (Å²) in [5.74, 6) is 0. The maximum absolute atomic E-state index is 4.43. The normalized spacial score (nSPS) is 10.8. The van der Waals surface area contributed by atoms with E-state index < -0.39 is 0 Å². The summed E-state index contributed by atoms with van der Waals surface area (Å²) in [5.41, 5.74) is 3.14. The lowest BCUT2D eigenvalue weighted by Gasteiger charge is -2.00. The van der Waals surface area contributed by atoms with Crippen LogP contribution in [0.1, 0.15) is 5.56 Å². The Balaban J connectivity index is 2.15. The van der Waals surface area contributed by atoms with Crippen LogP contribution in [0.4, 0.5) is 0 Å². The van der Waals surface area contributed by atoms with Crippen LogP contribution in [-0.4, -0.2) is 20.0 Å². The summed E-state index contributed by atoms with van der Waals surface area (Å²) in [4.78, 5) is 0. The van der Waals surface area contributed by atoms with Gasteiger partial charge >= 0.3 is 0 Å². The SMILES string of the molecule is Cc1ccc(-n2cc3cnncc3n2)cc1. The Kier molecular flexibility index (Phi) is 1.93. The molecular weight excluding hydrogens is 200 g/mol. The van der Waals surface area contributed by atoms with E-state index in [0.29, 0.717) is 0 Å². The second-order valence-electron chi connectivity index (χ2n) is 3.74. The molecule has 4 nitrogen and oxygen atoms in total. The highest BCUT2D eigenvalue weighted by Gasteiger charge is 2.02. The van der Waals surface area contributed by atoms with Gasteiger partial charge in [0.05, 0.1) is 18.1 Å². The summed E-state index contributed by atoms with van der Waals surface area (Å²) in [6.07, 6.45) is 5.34. The molecule has 0 spiro atoms. The molecule has 2 heterocycles. The first-order chi connectivity index (χ1) is 7.83. The van der Waals surface area contributed by atoms with Crippen LogP contribution in [0.25, 0.3) is 16.6 Å². The predicted molar refractivity (Wildman–Crippen MR) is 61.4 cm³/mol. The monoisotopic (exact) mass is 210 g/mol. The van der Waals surface area contributed by atoms with Gasteiger partial charge in [0.25, 0.3) is 0 Å². The van der Waals surface area contributed by atoms with Gasteiger partial charge < -0.3 is 0 Å². The zero-order valence-corrected chi connectivity index (χ0v) is 8.83. The molecule has 4 heteroatoms. The van der Waals surface area contributed by atoms with Gasteiger partial charge in [-0.25, -0.2) is 4.68 Å². The number of benzene rings is 1. The van der Waals surface area contributed by atoms with Crippen molar-refractivity contribution in [3.05, 3.63) is 48.4 Å². The molecule has 0 fully saturated rings. The van der Waals surface area contributed by atoms with Crippen molar-refractivity contribution in [2.24, 2.45) is 0 Å². The van der Waals surface area contributed by atoms with Gasteiger partial charge in [-0.1, -0.05) is 17.7 Å². The fraction of sp³-hybridized carbons (Fsp3) is 0.0833. The molecule has 0 unspecified atom stereocenters. The first kappa shape index (κ1) is 9.03. The zero-order valence-electron chi connectivity index (χ0n) is 8.83. The van der Waals surface area contributed by atoms with E-state index in [1.54, 1.807) is 12.4 Å². The molecule has 3 rings (SSSR count). The Hall–Kier alpha value is -2.23. The highest BCUT2D eigenvalue weighted by atomic mass is 15.3. The molecule has 0 aliphatic heterocycles. The van der Waals surface area contributed by atoms with Crippen LogP contribution < -0.4 is 0 Å². The van der Waals surface area contributed by atoms with Gasteiger partial charge in [-0.15, -0.1) is 0 Å². The Labute approximate surface area is 92.6 Å². The van der Waals surface area contributed by atoms with E-state index in [-0.39, 0.29) is 0 Å². The summed E-state index contributed by atoms with van der Waals surface area (Å²) in [7, 11) is 0. The fourth-order valence-electron chi connectivity index (χ4n) is 1.61. The first-order valence-electron chi connectivity index (χ1n) is 5.06. The quantitative estimate of drug-likeness (QED) is 0.618. The lowest BCUT2D eigenvalue weighted by Crippen LogP contribution is -1.93. The molecule has 0 bridgehead atoms. The van der Waals surface area contributed by atoms with Crippen LogP contribution in [0.5, 0.6) is 0 Å². The Morgan fingerprint density at radius 1 is 1.00 bits per heavy atom. The topological polar surface area (TPSA) is 43.6 Å². The largest absolute Gasteiger partial charge is 0.240 e. The number of rotatable bonds is 1. The van der Waals surface area contributed by atoms with E-state index in [1.165, 1.54) is 5.56 Å². The lowest BCUT2D eigenvalue weighted by molar-refractivity contribution is 0.894. The highest BCUT2D eigenvalue weighted by molar-refractivity contribution is 5.76. The van der Waals surface area contributed by atoms with E-state index in [0.717, 1.165) is 16.6 Å². The maximum atomic E-state index is 4.43. The number of aromatic nitrogens is 4. The lowest BCUT2D eigenvalue weighted by atomic mass is 10.2. The minimum atomic E-state index is 0.857. The van der Waals surface area contributed by atoms with Gasteiger partial charge in [0, 0.05) is 11.6 Å². The van der Waals surface area contributed by atoms with Crippen molar-refractivity contribution in [3.8, 4) is 5.69 Å². The molecular formula is C12H10N4. The molecule has 0 atom stereocenters. The van der Waals surface area contributed by atoms with Crippen LogP contribution >= 0.6 is 0 Å². The van der Waals surface area contributed by atoms with Crippen molar-refractivity contribution in [1.29, 1.82) is 0 Å². The Bertz CT molecular complexity index is 592. The number of hydrogen-bond acceptors (Lipinski definition) is 3. The van der Waals surface area contributed by atoms with Crippen molar-refractivity contribution in [2.45, 2.75) is 6.92 Å². The average Bonchev–Trinajstić information content (AvgIpc) is 2.73. The summed E-state index contributed by atoms with van der Waals surface area (Å²) in [6, 6.07) is 8.22. The van der Waals surface area contributed by atoms with Crippen LogP contribution in [0.3, 0.4) is 0 Å². The van der Waals surface area contributed by atoms with Crippen LogP contribution in [0.15, 0.2) is 42.9 Å². The molecule has 16 heavy (non-hydrogen) atoms. The van der Waals surface area contributed by atoms with E-state index in [4.69, 9.17) is 0 Å². The molecule has 0 radical (unpaired) electrons. The molecule has 2 aromatic heterocycles. The molecule has 0 saturated heterocycles. The molecule has 0 amide bonds. The maximum Gasteiger partial charge on any atom is 0.114 e. The third-order valence-corrected chi connectivity index (χ3v) is 2.51. The second kappa shape index (κ2) is 3.41. The van der Waals surface area contributed by atoms with Crippen molar-refractivity contribution in [3.63, 3.8) is 0 Å². The van der Waals surface area contributed by atoms with E-state index in [9.17, 15) is 0 Å². The second-order valence-corrected chi connectivity index (χ2v) is 3.74.